The molecule has 0 bridgehead atoms. The van der Waals surface area contributed by atoms with Gasteiger partial charge in [0.25, 0.3) is 5.91 Å². The molecule has 0 fully saturated rings. The molecular formula is C13H15IN4OS. The van der Waals surface area contributed by atoms with Crippen LogP contribution in [0.3, 0.4) is 0 Å². The Bertz CT molecular complexity index is 664. The fourth-order valence-corrected chi connectivity index (χ4v) is 2.71. The number of H-pyrrole nitrogens is 1. The van der Waals surface area contributed by atoms with E-state index in [1.165, 1.54) is 0 Å². The average molecular weight is 402 g/mol. The third-order valence-corrected chi connectivity index (χ3v) is 3.86. The molecule has 0 radical (unpaired) electrons. The smallest absolute Gasteiger partial charge is 0.251 e. The fourth-order valence-electron chi connectivity index (χ4n) is 1.89. The molecule has 0 aliphatic rings. The molecule has 1 amide bonds. The van der Waals surface area contributed by atoms with E-state index in [4.69, 9.17) is 12.2 Å². The second kappa shape index (κ2) is 6.98. The Labute approximate surface area is 135 Å². The molecule has 106 valence electrons. The number of halogens is 1. The molecule has 0 saturated carbocycles. The lowest BCUT2D eigenvalue weighted by Crippen LogP contribution is -2.26. The van der Waals surface area contributed by atoms with Gasteiger partial charge in [-0.25, -0.2) is 0 Å². The monoisotopic (exact) mass is 402 g/mol. The summed E-state index contributed by atoms with van der Waals surface area (Å²) in [5.74, 6) is 0.793. The van der Waals surface area contributed by atoms with Crippen molar-refractivity contribution < 1.29 is 4.79 Å². The normalized spacial score (nSPS) is 10.5. The van der Waals surface area contributed by atoms with Gasteiger partial charge in [-0.15, -0.1) is 0 Å². The predicted molar refractivity (Wildman–Crippen MR) is 88.3 cm³/mol. The number of hydrogen-bond acceptors (Lipinski definition) is 3. The number of carbonyl (C=O) groups excluding carboxylic acids is 1. The van der Waals surface area contributed by atoms with Crippen molar-refractivity contribution in [2.45, 2.75) is 19.9 Å². The number of nitrogens with zero attached hydrogens (tertiary/aromatic N) is 2. The zero-order valence-electron chi connectivity index (χ0n) is 11.0. The average Bonchev–Trinajstić information content (AvgIpc) is 2.79. The highest BCUT2D eigenvalue weighted by molar-refractivity contribution is 14.1. The first-order valence-corrected chi connectivity index (χ1v) is 7.78. The molecule has 0 spiro atoms. The van der Waals surface area contributed by atoms with Crippen LogP contribution in [0, 0.1) is 8.34 Å². The van der Waals surface area contributed by atoms with Gasteiger partial charge in [0.1, 0.15) is 5.82 Å². The number of benzene rings is 1. The summed E-state index contributed by atoms with van der Waals surface area (Å²) in [5.41, 5.74) is 0.672. The maximum atomic E-state index is 12.0. The van der Waals surface area contributed by atoms with E-state index in [0.717, 1.165) is 15.9 Å². The van der Waals surface area contributed by atoms with Gasteiger partial charge in [-0.2, -0.15) is 5.10 Å². The van der Waals surface area contributed by atoms with Gasteiger partial charge >= 0.3 is 0 Å². The summed E-state index contributed by atoms with van der Waals surface area (Å²) in [7, 11) is 0. The molecule has 7 heteroatoms. The highest BCUT2D eigenvalue weighted by Crippen LogP contribution is 2.07. The van der Waals surface area contributed by atoms with Crippen molar-refractivity contribution in [1.29, 1.82) is 0 Å². The second-order valence-electron chi connectivity index (χ2n) is 4.21. The van der Waals surface area contributed by atoms with Crippen LogP contribution in [0.4, 0.5) is 0 Å². The summed E-state index contributed by atoms with van der Waals surface area (Å²) >= 11 is 7.31. The summed E-state index contributed by atoms with van der Waals surface area (Å²) < 4.78 is 3.58. The molecule has 5 nitrogen and oxygen atoms in total. The molecule has 1 heterocycles. The molecular weight excluding hydrogens is 387 g/mol. The van der Waals surface area contributed by atoms with Gasteiger partial charge < -0.3 is 9.88 Å². The van der Waals surface area contributed by atoms with E-state index >= 15 is 0 Å². The minimum absolute atomic E-state index is 0.0688. The molecule has 0 unspecified atom stereocenters. The first kappa shape index (κ1) is 15.2. The van der Waals surface area contributed by atoms with Crippen LogP contribution in [0.5, 0.6) is 0 Å². The van der Waals surface area contributed by atoms with Crippen molar-refractivity contribution in [3.05, 3.63) is 44.0 Å². The quantitative estimate of drug-likeness (QED) is 0.597. The van der Waals surface area contributed by atoms with Crippen LogP contribution in [0.25, 0.3) is 0 Å². The first-order chi connectivity index (χ1) is 9.61. The van der Waals surface area contributed by atoms with Gasteiger partial charge in [0.15, 0.2) is 4.77 Å². The van der Waals surface area contributed by atoms with Gasteiger partial charge in [0, 0.05) is 28.6 Å². The van der Waals surface area contributed by atoms with Crippen LogP contribution in [-0.2, 0) is 13.0 Å². The van der Waals surface area contributed by atoms with Crippen molar-refractivity contribution in [2.75, 3.05) is 6.54 Å². The van der Waals surface area contributed by atoms with Crippen LogP contribution in [0.1, 0.15) is 23.1 Å². The van der Waals surface area contributed by atoms with Crippen LogP contribution in [-0.4, -0.2) is 27.2 Å². The lowest BCUT2D eigenvalue weighted by atomic mass is 10.2. The number of amides is 1. The largest absolute Gasteiger partial charge is 0.352 e. The maximum absolute atomic E-state index is 12.0. The molecule has 0 atom stereocenters. The van der Waals surface area contributed by atoms with E-state index in [2.05, 4.69) is 38.1 Å². The number of hydrogen-bond donors (Lipinski definition) is 2. The molecule has 1 aromatic carbocycles. The van der Waals surface area contributed by atoms with E-state index in [1.54, 1.807) is 6.07 Å². The summed E-state index contributed by atoms with van der Waals surface area (Å²) in [5, 5.41) is 9.82. The summed E-state index contributed by atoms with van der Waals surface area (Å²) in [6, 6.07) is 7.49. The molecule has 2 rings (SSSR count). The van der Waals surface area contributed by atoms with Crippen molar-refractivity contribution >= 4 is 40.7 Å². The number of carbonyl (C=O) groups is 1. The summed E-state index contributed by atoms with van der Waals surface area (Å²) in [6.07, 6.45) is 0.649. The van der Waals surface area contributed by atoms with E-state index in [9.17, 15) is 4.79 Å². The molecule has 0 aliphatic heterocycles. The SMILES string of the molecule is CCn1c(CCNC(=O)c2cccc(I)c2)n[nH]c1=S. The third kappa shape index (κ3) is 3.66. The third-order valence-electron chi connectivity index (χ3n) is 2.87. The van der Waals surface area contributed by atoms with Crippen LogP contribution >= 0.6 is 34.8 Å². The zero-order chi connectivity index (χ0) is 14.5. The Hall–Kier alpha value is -1.22. The number of nitrogens with one attached hydrogen (secondary N) is 2. The van der Waals surface area contributed by atoms with Gasteiger partial charge in [0.2, 0.25) is 0 Å². The Morgan fingerprint density at radius 3 is 3.05 bits per heavy atom. The predicted octanol–water partition coefficient (Wildman–Crippen LogP) is 2.54. The molecule has 1 aromatic heterocycles. The molecule has 2 aromatic rings. The molecule has 0 saturated heterocycles. The Balaban J connectivity index is 1.93. The van der Waals surface area contributed by atoms with E-state index in [-0.39, 0.29) is 5.91 Å². The van der Waals surface area contributed by atoms with Crippen molar-refractivity contribution in [3.8, 4) is 0 Å². The minimum Gasteiger partial charge on any atom is -0.352 e. The Morgan fingerprint density at radius 1 is 1.55 bits per heavy atom. The highest BCUT2D eigenvalue weighted by atomic mass is 127. The second-order valence-corrected chi connectivity index (χ2v) is 5.84. The zero-order valence-corrected chi connectivity index (χ0v) is 14.0. The Kier molecular flexibility index (Phi) is 5.30. The Morgan fingerprint density at radius 2 is 2.35 bits per heavy atom. The van der Waals surface area contributed by atoms with E-state index < -0.39 is 0 Å². The lowest BCUT2D eigenvalue weighted by Gasteiger charge is -2.06. The first-order valence-electron chi connectivity index (χ1n) is 6.29. The van der Waals surface area contributed by atoms with E-state index in [1.807, 2.05) is 29.7 Å². The lowest BCUT2D eigenvalue weighted by molar-refractivity contribution is 0.0954. The topological polar surface area (TPSA) is 62.7 Å². The maximum Gasteiger partial charge on any atom is 0.251 e. The van der Waals surface area contributed by atoms with E-state index in [0.29, 0.717) is 23.3 Å². The van der Waals surface area contributed by atoms with Gasteiger partial charge in [-0.1, -0.05) is 6.07 Å². The van der Waals surface area contributed by atoms with Crippen molar-refractivity contribution in [3.63, 3.8) is 0 Å². The number of rotatable bonds is 5. The standard InChI is InChI=1S/C13H15IN4OS/c1-2-18-11(16-17-13(18)20)6-7-15-12(19)9-4-3-5-10(14)8-9/h3-5,8H,2,6-7H2,1H3,(H,15,19)(H,17,20). The van der Waals surface area contributed by atoms with Crippen LogP contribution in [0.2, 0.25) is 0 Å². The fraction of sp³-hybridized carbons (Fsp3) is 0.308. The molecule has 20 heavy (non-hydrogen) atoms. The van der Waals surface area contributed by atoms with Gasteiger partial charge in [-0.3, -0.25) is 9.89 Å². The summed E-state index contributed by atoms with van der Waals surface area (Å²) in [4.78, 5) is 12.0. The summed E-state index contributed by atoms with van der Waals surface area (Å²) in [6.45, 7) is 3.32. The highest BCUT2D eigenvalue weighted by Gasteiger charge is 2.07. The number of aromatic amines is 1. The number of aromatic nitrogens is 3. The molecule has 0 aliphatic carbocycles. The van der Waals surface area contributed by atoms with Crippen molar-refractivity contribution in [1.82, 2.24) is 20.1 Å². The minimum atomic E-state index is -0.0688. The van der Waals surface area contributed by atoms with Gasteiger partial charge in [-0.05, 0) is 59.9 Å². The van der Waals surface area contributed by atoms with Gasteiger partial charge in [0.05, 0.1) is 0 Å². The van der Waals surface area contributed by atoms with Crippen LogP contribution in [0.15, 0.2) is 24.3 Å². The van der Waals surface area contributed by atoms with Crippen molar-refractivity contribution in [2.24, 2.45) is 0 Å². The molecule has 2 N–H and O–H groups in total. The van der Waals surface area contributed by atoms with Crippen LogP contribution < -0.4 is 5.32 Å².